The smallest absolute Gasteiger partial charge is 0.278 e. The third kappa shape index (κ3) is 5.74. The lowest BCUT2D eigenvalue weighted by Gasteiger charge is -2.28. The van der Waals surface area contributed by atoms with E-state index in [4.69, 9.17) is 26.1 Å². The molecule has 11 nitrogen and oxygen atoms in total. The van der Waals surface area contributed by atoms with Gasteiger partial charge in [-0.3, -0.25) is 9.78 Å². The Labute approximate surface area is 258 Å². The molecule has 0 unspecified atom stereocenters. The average Bonchev–Trinajstić information content (AvgIpc) is 3.04. The lowest BCUT2D eigenvalue weighted by molar-refractivity contribution is -0.0281. The van der Waals surface area contributed by atoms with Crippen LogP contribution in [0.5, 0.6) is 5.88 Å². The van der Waals surface area contributed by atoms with Crippen LogP contribution in [0.15, 0.2) is 65.8 Å². The minimum absolute atomic E-state index is 0.0895. The molecule has 5 aromatic rings. The van der Waals surface area contributed by atoms with Crippen LogP contribution < -0.4 is 20.9 Å². The number of benzene rings is 2. The zero-order chi connectivity index (χ0) is 30.8. The highest BCUT2D eigenvalue weighted by Crippen LogP contribution is 2.39. The van der Waals surface area contributed by atoms with Gasteiger partial charge in [-0.25, -0.2) is 14.6 Å². The van der Waals surface area contributed by atoms with E-state index in [1.807, 2.05) is 43.3 Å². The van der Waals surface area contributed by atoms with Gasteiger partial charge in [0, 0.05) is 54.6 Å². The van der Waals surface area contributed by atoms with Crippen LogP contribution in [-0.4, -0.2) is 62.3 Å². The van der Waals surface area contributed by atoms with Crippen molar-refractivity contribution in [3.05, 3.63) is 87.7 Å². The van der Waals surface area contributed by atoms with E-state index in [-0.39, 0.29) is 11.6 Å². The Kier molecular flexibility index (Phi) is 8.53. The molecule has 0 spiro atoms. The molecule has 0 amide bonds. The number of nitrogens with one attached hydrogen (secondary N) is 2. The highest BCUT2D eigenvalue weighted by Gasteiger charge is 2.24. The number of halogens is 1. The number of aromatic nitrogens is 5. The molecule has 12 heteroatoms. The fraction of sp³-hybridized carbons (Fsp3) is 0.281. The number of pyridine rings is 1. The molecule has 1 aliphatic rings. The summed E-state index contributed by atoms with van der Waals surface area (Å²) in [6.45, 7) is 3.29. The molecule has 226 valence electrons. The number of hydrogen-bond acceptors (Lipinski definition) is 10. The van der Waals surface area contributed by atoms with E-state index in [1.165, 1.54) is 4.68 Å². The van der Waals surface area contributed by atoms with Crippen molar-refractivity contribution in [3.63, 3.8) is 0 Å². The van der Waals surface area contributed by atoms with Gasteiger partial charge in [-0.05, 0) is 36.6 Å². The Morgan fingerprint density at radius 2 is 1.91 bits per heavy atom. The number of aliphatic hydroxyl groups excluding tert-OH is 1. The second-order valence-corrected chi connectivity index (χ2v) is 11.0. The molecule has 0 aliphatic carbocycles. The molecule has 3 N–H and O–H groups in total. The van der Waals surface area contributed by atoms with Gasteiger partial charge in [-0.2, -0.15) is 5.10 Å². The van der Waals surface area contributed by atoms with Crippen molar-refractivity contribution < 1.29 is 14.6 Å². The minimum Gasteiger partial charge on any atom is -0.480 e. The van der Waals surface area contributed by atoms with E-state index < -0.39 is 6.10 Å². The maximum atomic E-state index is 12.9. The van der Waals surface area contributed by atoms with Gasteiger partial charge >= 0.3 is 0 Å². The summed E-state index contributed by atoms with van der Waals surface area (Å²) in [7, 11) is 3.17. The lowest BCUT2D eigenvalue weighted by Crippen LogP contribution is -2.46. The van der Waals surface area contributed by atoms with Gasteiger partial charge in [0.1, 0.15) is 11.5 Å². The highest BCUT2D eigenvalue weighted by atomic mass is 35.5. The number of aliphatic hydroxyl groups is 1. The number of hydrogen-bond donors (Lipinski definition) is 3. The van der Waals surface area contributed by atoms with Crippen molar-refractivity contribution >= 4 is 33.9 Å². The van der Waals surface area contributed by atoms with Crippen LogP contribution in [0.2, 0.25) is 5.02 Å². The first-order valence-electron chi connectivity index (χ1n) is 14.2. The van der Waals surface area contributed by atoms with Gasteiger partial charge in [0.05, 0.1) is 48.3 Å². The minimum atomic E-state index is -0.575. The average molecular weight is 614 g/mol. The van der Waals surface area contributed by atoms with Crippen LogP contribution in [0.3, 0.4) is 0 Å². The fourth-order valence-corrected chi connectivity index (χ4v) is 5.72. The summed E-state index contributed by atoms with van der Waals surface area (Å²) in [4.78, 5) is 26.7. The first kappa shape index (κ1) is 29.6. The van der Waals surface area contributed by atoms with E-state index in [9.17, 15) is 9.90 Å². The Bertz CT molecular complexity index is 1900. The van der Waals surface area contributed by atoms with Gasteiger partial charge in [0.25, 0.3) is 5.56 Å². The van der Waals surface area contributed by atoms with E-state index in [0.29, 0.717) is 70.6 Å². The first-order valence-corrected chi connectivity index (χ1v) is 14.6. The number of nitrogens with zero attached hydrogens (tertiary/aromatic N) is 5. The summed E-state index contributed by atoms with van der Waals surface area (Å²) in [5.41, 5.74) is 5.11. The molecule has 4 heterocycles. The normalized spacial score (nSPS) is 16.7. The summed E-state index contributed by atoms with van der Waals surface area (Å²) in [5.74, 6) is 0.832. The van der Waals surface area contributed by atoms with Crippen molar-refractivity contribution in [1.29, 1.82) is 0 Å². The third-order valence-corrected chi connectivity index (χ3v) is 8.28. The number of methoxy groups -OCH3 is 1. The molecule has 0 bridgehead atoms. The van der Waals surface area contributed by atoms with Crippen molar-refractivity contribution in [2.45, 2.75) is 32.0 Å². The van der Waals surface area contributed by atoms with Crippen LogP contribution >= 0.6 is 11.6 Å². The second kappa shape index (κ2) is 12.7. The number of fused-ring (bicyclic) bond motifs is 1. The Balaban J connectivity index is 1.30. The summed E-state index contributed by atoms with van der Waals surface area (Å²) < 4.78 is 12.2. The largest absolute Gasteiger partial charge is 0.480 e. The van der Waals surface area contributed by atoms with Gasteiger partial charge in [-0.1, -0.05) is 41.9 Å². The lowest BCUT2D eigenvalue weighted by atomic mass is 9.96. The number of rotatable bonds is 8. The van der Waals surface area contributed by atoms with Crippen LogP contribution in [-0.2, 0) is 18.3 Å². The van der Waals surface area contributed by atoms with Crippen LogP contribution in [0, 0.1) is 6.92 Å². The number of aryl methyl sites for hydroxylation is 1. The standard InChI is InChI=1S/C32H32ClN7O4/c1-18-20(6-5-9-23(18)38-30-28-19(10-12-34-30)14-37-40(2)32(28)42)21-7-4-8-22(29(21)33)25-15-36-26(31(39-25)43-3)16-35-24-11-13-44-17-27(24)41/h4-10,12,14-15,24,27,35,41H,11,13,16-17H2,1-3H3,(H,34,38)/t24-,27+/m0/s1. The molecule has 1 aliphatic heterocycles. The fourth-order valence-electron chi connectivity index (χ4n) is 5.40. The van der Waals surface area contributed by atoms with Crippen LogP contribution in [0.1, 0.15) is 17.7 Å². The molecule has 1 fully saturated rings. The Hall–Kier alpha value is -4.42. The van der Waals surface area contributed by atoms with E-state index in [1.54, 1.807) is 38.8 Å². The van der Waals surface area contributed by atoms with Gasteiger partial charge in [-0.15, -0.1) is 0 Å². The molecule has 6 rings (SSSR count). The quantitative estimate of drug-likeness (QED) is 0.231. The van der Waals surface area contributed by atoms with Gasteiger partial charge in [0.15, 0.2) is 0 Å². The predicted octanol–water partition coefficient (Wildman–Crippen LogP) is 4.41. The highest BCUT2D eigenvalue weighted by molar-refractivity contribution is 6.36. The third-order valence-electron chi connectivity index (χ3n) is 7.88. The molecule has 1 saturated heterocycles. The zero-order valence-electron chi connectivity index (χ0n) is 24.5. The topological polar surface area (TPSA) is 136 Å². The molecule has 3 aromatic heterocycles. The zero-order valence-corrected chi connectivity index (χ0v) is 25.3. The van der Waals surface area contributed by atoms with Crippen molar-refractivity contribution in [2.75, 3.05) is 25.6 Å². The van der Waals surface area contributed by atoms with Crippen LogP contribution in [0.25, 0.3) is 33.2 Å². The molecule has 2 atom stereocenters. The SMILES string of the molecule is COc1nc(-c2cccc(-c3cccc(Nc4nccc5cnn(C)c(=O)c45)c3C)c2Cl)cnc1CN[C@H]1CCOC[C@H]1O. The summed E-state index contributed by atoms with van der Waals surface area (Å²) in [5, 5.41) is 22.7. The van der Waals surface area contributed by atoms with Crippen LogP contribution in [0.4, 0.5) is 11.5 Å². The van der Waals surface area contributed by atoms with Gasteiger partial charge in [0.2, 0.25) is 5.88 Å². The van der Waals surface area contributed by atoms with Crippen molar-refractivity contribution in [3.8, 4) is 28.3 Å². The molecule has 2 aromatic carbocycles. The maximum absolute atomic E-state index is 12.9. The van der Waals surface area contributed by atoms with Crippen molar-refractivity contribution in [2.24, 2.45) is 7.05 Å². The Morgan fingerprint density at radius 3 is 2.73 bits per heavy atom. The van der Waals surface area contributed by atoms with E-state index >= 15 is 0 Å². The molecular formula is C32H32ClN7O4. The number of ether oxygens (including phenoxy) is 2. The summed E-state index contributed by atoms with van der Waals surface area (Å²) in [6.07, 6.45) is 5.11. The van der Waals surface area contributed by atoms with Crippen molar-refractivity contribution in [1.82, 2.24) is 30.0 Å². The predicted molar refractivity (Wildman–Crippen MR) is 169 cm³/mol. The maximum Gasteiger partial charge on any atom is 0.278 e. The molecule has 44 heavy (non-hydrogen) atoms. The molecular weight excluding hydrogens is 582 g/mol. The monoisotopic (exact) mass is 613 g/mol. The first-order chi connectivity index (χ1) is 21.4. The molecule has 0 saturated carbocycles. The molecule has 0 radical (unpaired) electrons. The van der Waals surface area contributed by atoms with Gasteiger partial charge < -0.3 is 25.2 Å². The summed E-state index contributed by atoms with van der Waals surface area (Å²) >= 11 is 7.05. The Morgan fingerprint density at radius 1 is 1.11 bits per heavy atom. The second-order valence-electron chi connectivity index (χ2n) is 10.6. The van der Waals surface area contributed by atoms with E-state index in [2.05, 4.69) is 25.7 Å². The number of anilines is 2. The van der Waals surface area contributed by atoms with E-state index in [0.717, 1.165) is 22.4 Å². The summed E-state index contributed by atoms with van der Waals surface area (Å²) in [6, 6.07) is 13.3.